The second-order valence-corrected chi connectivity index (χ2v) is 5.12. The standard InChI is InChI=1S/C11H18N6O5/c1-14-10(8(6-13-14)17(21)22)15-4-2-7(9(18)3-5-15)16(12)11(19)20/h6-7,9,18H,2-5,12H2,1H3,(H,19,20). The lowest BCUT2D eigenvalue weighted by molar-refractivity contribution is -0.384. The zero-order chi connectivity index (χ0) is 16.4. The van der Waals surface area contributed by atoms with Crippen LogP contribution in [0.2, 0.25) is 0 Å². The molecule has 122 valence electrons. The van der Waals surface area contributed by atoms with Crippen molar-refractivity contribution in [3.8, 4) is 0 Å². The van der Waals surface area contributed by atoms with Crippen molar-refractivity contribution in [1.29, 1.82) is 0 Å². The van der Waals surface area contributed by atoms with Crippen molar-refractivity contribution in [2.45, 2.75) is 25.0 Å². The minimum absolute atomic E-state index is 0.127. The number of carboxylic acid groups (broad SMARTS) is 1. The zero-order valence-corrected chi connectivity index (χ0v) is 12.0. The maximum absolute atomic E-state index is 11.1. The Hall–Kier alpha value is -2.40. The summed E-state index contributed by atoms with van der Waals surface area (Å²) in [7, 11) is 1.59. The van der Waals surface area contributed by atoms with Crippen LogP contribution in [0.25, 0.3) is 0 Å². The molecule has 1 aliphatic rings. The van der Waals surface area contributed by atoms with Crippen molar-refractivity contribution in [1.82, 2.24) is 14.8 Å². The highest BCUT2D eigenvalue weighted by atomic mass is 16.6. The maximum Gasteiger partial charge on any atom is 0.421 e. The minimum atomic E-state index is -1.33. The first-order valence-corrected chi connectivity index (χ1v) is 6.69. The number of aromatic nitrogens is 2. The summed E-state index contributed by atoms with van der Waals surface area (Å²) in [4.78, 5) is 23.2. The van der Waals surface area contributed by atoms with Crippen LogP contribution in [-0.2, 0) is 7.05 Å². The highest BCUT2D eigenvalue weighted by Gasteiger charge is 2.33. The number of nitrogens with two attached hydrogens (primary N) is 1. The van der Waals surface area contributed by atoms with Gasteiger partial charge in [-0.05, 0) is 12.8 Å². The third kappa shape index (κ3) is 2.94. The van der Waals surface area contributed by atoms with Crippen LogP contribution in [0.15, 0.2) is 6.20 Å². The fourth-order valence-corrected chi connectivity index (χ4v) is 2.67. The Morgan fingerprint density at radius 3 is 2.77 bits per heavy atom. The van der Waals surface area contributed by atoms with Gasteiger partial charge in [0, 0.05) is 20.1 Å². The Morgan fingerprint density at radius 1 is 1.55 bits per heavy atom. The average molecular weight is 314 g/mol. The molecule has 4 N–H and O–H groups in total. The van der Waals surface area contributed by atoms with Crippen molar-refractivity contribution < 1.29 is 19.9 Å². The van der Waals surface area contributed by atoms with Gasteiger partial charge in [-0.2, -0.15) is 5.10 Å². The first-order chi connectivity index (χ1) is 10.3. The zero-order valence-electron chi connectivity index (χ0n) is 12.0. The van der Waals surface area contributed by atoms with Crippen molar-refractivity contribution in [3.63, 3.8) is 0 Å². The molecule has 0 radical (unpaired) electrons. The number of aryl methyl sites for hydroxylation is 1. The molecule has 22 heavy (non-hydrogen) atoms. The highest BCUT2D eigenvalue weighted by Crippen LogP contribution is 2.29. The van der Waals surface area contributed by atoms with Crippen LogP contribution in [0, 0.1) is 10.1 Å². The topological polar surface area (TPSA) is 151 Å². The number of aliphatic hydroxyl groups excluding tert-OH is 1. The number of hydrogen-bond donors (Lipinski definition) is 3. The Balaban J connectivity index is 2.22. The smallest absolute Gasteiger partial charge is 0.421 e. The summed E-state index contributed by atoms with van der Waals surface area (Å²) >= 11 is 0. The molecule has 2 atom stereocenters. The summed E-state index contributed by atoms with van der Waals surface area (Å²) in [6.07, 6.45) is -0.594. The minimum Gasteiger partial charge on any atom is -0.464 e. The van der Waals surface area contributed by atoms with Crippen molar-refractivity contribution in [3.05, 3.63) is 16.3 Å². The van der Waals surface area contributed by atoms with Gasteiger partial charge in [-0.3, -0.25) is 10.1 Å². The normalized spacial score (nSPS) is 22.2. The largest absolute Gasteiger partial charge is 0.464 e. The number of nitro groups is 1. The van der Waals surface area contributed by atoms with Gasteiger partial charge in [-0.15, -0.1) is 0 Å². The Bertz CT molecular complexity index is 575. The maximum atomic E-state index is 11.1. The molecule has 2 unspecified atom stereocenters. The lowest BCUT2D eigenvalue weighted by atomic mass is 10.1. The van der Waals surface area contributed by atoms with Gasteiger partial charge in [-0.25, -0.2) is 20.3 Å². The Morgan fingerprint density at radius 2 is 2.18 bits per heavy atom. The molecule has 2 rings (SSSR count). The third-order valence-corrected chi connectivity index (χ3v) is 3.80. The number of anilines is 1. The van der Waals surface area contributed by atoms with Crippen LogP contribution in [0.5, 0.6) is 0 Å². The second-order valence-electron chi connectivity index (χ2n) is 5.12. The van der Waals surface area contributed by atoms with Crippen LogP contribution in [0.4, 0.5) is 16.3 Å². The SMILES string of the molecule is Cn1ncc([N+](=O)[O-])c1N1CCC(O)C(N(N)C(=O)O)CC1. The van der Waals surface area contributed by atoms with Gasteiger partial charge in [0.25, 0.3) is 0 Å². The van der Waals surface area contributed by atoms with Crippen LogP contribution >= 0.6 is 0 Å². The van der Waals surface area contributed by atoms with E-state index in [2.05, 4.69) is 5.10 Å². The summed E-state index contributed by atoms with van der Waals surface area (Å²) in [6, 6.07) is -0.755. The molecule has 2 heterocycles. The van der Waals surface area contributed by atoms with E-state index in [1.54, 1.807) is 11.9 Å². The predicted molar refractivity (Wildman–Crippen MR) is 75.2 cm³/mol. The Labute approximate surface area is 125 Å². The number of aliphatic hydroxyl groups is 1. The number of hydrogen-bond acceptors (Lipinski definition) is 7. The highest BCUT2D eigenvalue weighted by molar-refractivity contribution is 5.64. The molecule has 11 heteroatoms. The summed E-state index contributed by atoms with van der Waals surface area (Å²) in [5, 5.41) is 34.5. The summed E-state index contributed by atoms with van der Waals surface area (Å²) < 4.78 is 1.39. The summed E-state index contributed by atoms with van der Waals surface area (Å²) in [6.45, 7) is 0.661. The second kappa shape index (κ2) is 6.15. The van der Waals surface area contributed by atoms with Gasteiger partial charge < -0.3 is 15.1 Å². The number of nitrogens with zero attached hydrogens (tertiary/aromatic N) is 5. The Kier molecular flexibility index (Phi) is 4.47. The van der Waals surface area contributed by atoms with Gasteiger partial charge in [0.05, 0.1) is 17.1 Å². The molecule has 0 aromatic carbocycles. The van der Waals surface area contributed by atoms with Gasteiger partial charge >= 0.3 is 11.8 Å². The molecule has 0 saturated carbocycles. The average Bonchev–Trinajstić information content (AvgIpc) is 2.73. The van der Waals surface area contributed by atoms with Crippen LogP contribution in [0.3, 0.4) is 0 Å². The van der Waals surface area contributed by atoms with Gasteiger partial charge in [0.1, 0.15) is 6.20 Å². The molecule has 1 amide bonds. The summed E-state index contributed by atoms with van der Waals surface area (Å²) in [5.41, 5.74) is -0.127. The fourth-order valence-electron chi connectivity index (χ4n) is 2.67. The van der Waals surface area contributed by atoms with Crippen molar-refractivity contribution in [2.75, 3.05) is 18.0 Å². The number of amides is 1. The third-order valence-electron chi connectivity index (χ3n) is 3.80. The van der Waals surface area contributed by atoms with Crippen molar-refractivity contribution in [2.24, 2.45) is 12.9 Å². The van der Waals surface area contributed by atoms with Crippen molar-refractivity contribution >= 4 is 17.6 Å². The number of carbonyl (C=O) groups is 1. The molecule has 1 saturated heterocycles. The van der Waals surface area contributed by atoms with Crippen LogP contribution in [-0.4, -0.2) is 61.3 Å². The molecule has 1 aromatic rings. The predicted octanol–water partition coefficient (Wildman–Crippen LogP) is -0.488. The lowest BCUT2D eigenvalue weighted by Gasteiger charge is -2.27. The van der Waals surface area contributed by atoms with E-state index in [-0.39, 0.29) is 18.5 Å². The monoisotopic (exact) mass is 314 g/mol. The van der Waals surface area contributed by atoms with Gasteiger partial charge in [0.15, 0.2) is 0 Å². The van der Waals surface area contributed by atoms with E-state index in [0.717, 1.165) is 0 Å². The molecule has 1 aromatic heterocycles. The molecular weight excluding hydrogens is 296 g/mol. The number of rotatable bonds is 3. The van der Waals surface area contributed by atoms with E-state index < -0.39 is 23.2 Å². The van der Waals surface area contributed by atoms with E-state index in [9.17, 15) is 20.0 Å². The lowest BCUT2D eigenvalue weighted by Crippen LogP contribution is -2.50. The molecule has 1 aliphatic heterocycles. The van der Waals surface area contributed by atoms with Crippen LogP contribution in [0.1, 0.15) is 12.8 Å². The molecule has 1 fully saturated rings. The quantitative estimate of drug-likeness (QED) is 0.292. The molecule has 0 aliphatic carbocycles. The van der Waals surface area contributed by atoms with Gasteiger partial charge in [-0.1, -0.05) is 0 Å². The van der Waals surface area contributed by atoms with Crippen LogP contribution < -0.4 is 10.7 Å². The number of hydrazine groups is 1. The van der Waals surface area contributed by atoms with E-state index >= 15 is 0 Å². The summed E-state index contributed by atoms with van der Waals surface area (Å²) in [5.74, 6) is 5.78. The van der Waals surface area contributed by atoms with Gasteiger partial charge in [0.2, 0.25) is 5.82 Å². The molecule has 11 nitrogen and oxygen atoms in total. The van der Waals surface area contributed by atoms with E-state index in [0.29, 0.717) is 23.9 Å². The molecular formula is C11H18N6O5. The van der Waals surface area contributed by atoms with E-state index in [4.69, 9.17) is 10.9 Å². The van der Waals surface area contributed by atoms with E-state index in [1.165, 1.54) is 10.9 Å². The molecule has 0 bridgehead atoms. The molecule has 0 spiro atoms. The fraction of sp³-hybridized carbons (Fsp3) is 0.636. The van der Waals surface area contributed by atoms with E-state index in [1.807, 2.05) is 0 Å². The first-order valence-electron chi connectivity index (χ1n) is 6.69. The first kappa shape index (κ1) is 16.0.